The van der Waals surface area contributed by atoms with Crippen molar-refractivity contribution in [3.05, 3.63) is 57.8 Å². The van der Waals surface area contributed by atoms with Gasteiger partial charge < -0.3 is 25.2 Å². The van der Waals surface area contributed by atoms with Crippen LogP contribution in [0.1, 0.15) is 18.1 Å². The first-order valence-electron chi connectivity index (χ1n) is 8.83. The van der Waals surface area contributed by atoms with Crippen LogP contribution in [0.25, 0.3) is 0 Å². The Bertz CT molecular complexity index is 728. The van der Waals surface area contributed by atoms with Crippen molar-refractivity contribution in [1.29, 1.82) is 0 Å². The molecule has 148 valence electrons. The zero-order valence-corrected chi connectivity index (χ0v) is 17.2. The van der Waals surface area contributed by atoms with Crippen LogP contribution >= 0.6 is 15.9 Å². The van der Waals surface area contributed by atoms with Crippen LogP contribution in [0.15, 0.2) is 40.9 Å². The van der Waals surface area contributed by atoms with Crippen molar-refractivity contribution in [3.8, 4) is 11.5 Å². The first kappa shape index (κ1) is 21.6. The van der Waals surface area contributed by atoms with E-state index in [1.165, 1.54) is 6.07 Å². The van der Waals surface area contributed by atoms with Crippen LogP contribution in [-0.4, -0.2) is 38.0 Å². The first-order valence-corrected chi connectivity index (χ1v) is 9.62. The Balaban J connectivity index is 1.93. The lowest BCUT2D eigenvalue weighted by atomic mass is 10.2. The normalized spacial score (nSPS) is 12.0. The van der Waals surface area contributed by atoms with Crippen LogP contribution in [0.3, 0.4) is 0 Å². The fraction of sp³-hybridized carbons (Fsp3) is 0.400. The molecule has 0 aliphatic carbocycles. The van der Waals surface area contributed by atoms with E-state index in [0.717, 1.165) is 23.1 Å². The van der Waals surface area contributed by atoms with E-state index in [4.69, 9.17) is 9.47 Å². The van der Waals surface area contributed by atoms with Gasteiger partial charge in [0.1, 0.15) is 12.4 Å². The lowest BCUT2D eigenvalue weighted by Gasteiger charge is -2.15. The highest BCUT2D eigenvalue weighted by atomic mass is 79.9. The third-order valence-corrected chi connectivity index (χ3v) is 4.46. The fourth-order valence-corrected chi connectivity index (χ4v) is 3.11. The molecule has 1 atom stereocenters. The van der Waals surface area contributed by atoms with Gasteiger partial charge in [-0.2, -0.15) is 0 Å². The molecule has 5 nitrogen and oxygen atoms in total. The van der Waals surface area contributed by atoms with Gasteiger partial charge in [0, 0.05) is 31.7 Å². The molecule has 0 saturated heterocycles. The second kappa shape index (κ2) is 11.2. The summed E-state index contributed by atoms with van der Waals surface area (Å²) >= 11 is 3.51. The molecule has 0 aliphatic rings. The summed E-state index contributed by atoms with van der Waals surface area (Å²) in [6.07, 6.45) is -0.345. The summed E-state index contributed by atoms with van der Waals surface area (Å²) in [6.45, 7) is 4.66. The van der Waals surface area contributed by atoms with E-state index in [2.05, 4.69) is 26.6 Å². The standard InChI is InChI=1S/C20H26BrFN2O3/c1-14(25)11-23-7-8-24-12-15-9-17(21)20(19(10-15)26-2)27-13-16-5-3-4-6-18(16)22/h3-6,9-10,14,23-25H,7-8,11-13H2,1-2H3/t14-/m0/s1. The van der Waals surface area contributed by atoms with Gasteiger partial charge in [-0.25, -0.2) is 4.39 Å². The number of hydrogen-bond acceptors (Lipinski definition) is 5. The van der Waals surface area contributed by atoms with E-state index in [-0.39, 0.29) is 18.5 Å². The molecule has 27 heavy (non-hydrogen) atoms. The molecule has 7 heteroatoms. The van der Waals surface area contributed by atoms with Gasteiger partial charge in [-0.1, -0.05) is 18.2 Å². The molecule has 3 N–H and O–H groups in total. The number of rotatable bonds is 11. The van der Waals surface area contributed by atoms with Crippen LogP contribution < -0.4 is 20.1 Å². The lowest BCUT2D eigenvalue weighted by Crippen LogP contribution is -2.31. The minimum Gasteiger partial charge on any atom is -0.493 e. The minimum atomic E-state index is -0.345. The highest BCUT2D eigenvalue weighted by Crippen LogP contribution is 2.37. The Morgan fingerprint density at radius 2 is 1.93 bits per heavy atom. The molecular formula is C20H26BrFN2O3. The van der Waals surface area contributed by atoms with Crippen LogP contribution in [-0.2, 0) is 13.2 Å². The van der Waals surface area contributed by atoms with Crippen molar-refractivity contribution < 1.29 is 19.0 Å². The third kappa shape index (κ3) is 7.10. The Morgan fingerprint density at radius 1 is 1.19 bits per heavy atom. The number of aliphatic hydroxyl groups is 1. The number of halogens is 2. The predicted molar refractivity (Wildman–Crippen MR) is 108 cm³/mol. The predicted octanol–water partition coefficient (Wildman–Crippen LogP) is 3.24. The maximum atomic E-state index is 13.8. The summed E-state index contributed by atoms with van der Waals surface area (Å²) in [7, 11) is 1.58. The zero-order valence-electron chi connectivity index (χ0n) is 15.6. The SMILES string of the molecule is COc1cc(CNCCNC[C@H](C)O)cc(Br)c1OCc1ccccc1F. The van der Waals surface area contributed by atoms with Crippen molar-refractivity contribution >= 4 is 15.9 Å². The van der Waals surface area contributed by atoms with Gasteiger partial charge in [0.25, 0.3) is 0 Å². The summed E-state index contributed by atoms with van der Waals surface area (Å²) in [4.78, 5) is 0. The number of nitrogens with one attached hydrogen (secondary N) is 2. The van der Waals surface area contributed by atoms with Gasteiger partial charge >= 0.3 is 0 Å². The molecule has 0 spiro atoms. The lowest BCUT2D eigenvalue weighted by molar-refractivity contribution is 0.191. The van der Waals surface area contributed by atoms with Gasteiger partial charge in [-0.05, 0) is 46.6 Å². The maximum absolute atomic E-state index is 13.8. The number of methoxy groups -OCH3 is 1. The molecule has 2 aromatic rings. The molecule has 0 fully saturated rings. The summed E-state index contributed by atoms with van der Waals surface area (Å²) in [5, 5.41) is 15.7. The van der Waals surface area contributed by atoms with Crippen LogP contribution in [0.2, 0.25) is 0 Å². The maximum Gasteiger partial charge on any atom is 0.175 e. The molecule has 0 aliphatic heterocycles. The molecule has 0 saturated carbocycles. The number of ether oxygens (including phenoxy) is 2. The third-order valence-electron chi connectivity index (χ3n) is 3.87. The van der Waals surface area contributed by atoms with E-state index in [1.807, 2.05) is 12.1 Å². The van der Waals surface area contributed by atoms with E-state index in [9.17, 15) is 9.50 Å². The van der Waals surface area contributed by atoms with Gasteiger partial charge in [-0.15, -0.1) is 0 Å². The minimum absolute atomic E-state index is 0.119. The van der Waals surface area contributed by atoms with Crippen molar-refractivity contribution in [1.82, 2.24) is 10.6 Å². The Hall–Kier alpha value is -1.67. The summed E-state index contributed by atoms with van der Waals surface area (Å²) in [5.41, 5.74) is 1.52. The molecule has 2 aromatic carbocycles. The summed E-state index contributed by atoms with van der Waals surface area (Å²) in [5.74, 6) is 0.838. The topological polar surface area (TPSA) is 62.8 Å². The zero-order chi connectivity index (χ0) is 19.6. The molecule has 0 radical (unpaired) electrons. The molecular weight excluding hydrogens is 415 g/mol. The van der Waals surface area contributed by atoms with E-state index >= 15 is 0 Å². The molecule has 0 unspecified atom stereocenters. The first-order chi connectivity index (χ1) is 13.0. The van der Waals surface area contributed by atoms with E-state index < -0.39 is 0 Å². The van der Waals surface area contributed by atoms with Crippen LogP contribution in [0.4, 0.5) is 4.39 Å². The smallest absolute Gasteiger partial charge is 0.175 e. The molecule has 2 rings (SSSR count). The summed E-state index contributed by atoms with van der Waals surface area (Å²) in [6, 6.07) is 10.4. The molecule has 0 aromatic heterocycles. The highest BCUT2D eigenvalue weighted by molar-refractivity contribution is 9.10. The van der Waals surface area contributed by atoms with E-state index in [0.29, 0.717) is 30.2 Å². The quantitative estimate of drug-likeness (QED) is 0.468. The molecule has 0 amide bonds. The van der Waals surface area contributed by atoms with Crippen molar-refractivity contribution in [2.75, 3.05) is 26.7 Å². The largest absolute Gasteiger partial charge is 0.493 e. The molecule has 0 bridgehead atoms. The van der Waals surface area contributed by atoms with Crippen LogP contribution in [0.5, 0.6) is 11.5 Å². The average molecular weight is 441 g/mol. The number of aliphatic hydroxyl groups excluding tert-OH is 1. The second-order valence-electron chi connectivity index (χ2n) is 6.22. The molecule has 0 heterocycles. The fourth-order valence-electron chi connectivity index (χ4n) is 2.50. The Morgan fingerprint density at radius 3 is 2.63 bits per heavy atom. The summed E-state index contributed by atoms with van der Waals surface area (Å²) < 4.78 is 25.7. The van der Waals surface area contributed by atoms with Gasteiger partial charge in [0.15, 0.2) is 11.5 Å². The van der Waals surface area contributed by atoms with Crippen molar-refractivity contribution in [2.24, 2.45) is 0 Å². The average Bonchev–Trinajstić information content (AvgIpc) is 2.64. The number of benzene rings is 2. The number of hydrogen-bond donors (Lipinski definition) is 3. The Labute approximate surface area is 168 Å². The van der Waals surface area contributed by atoms with E-state index in [1.54, 1.807) is 32.2 Å². The monoisotopic (exact) mass is 440 g/mol. The van der Waals surface area contributed by atoms with Gasteiger partial charge in [0.05, 0.1) is 17.7 Å². The Kier molecular flexibility index (Phi) is 9.00. The van der Waals surface area contributed by atoms with Crippen LogP contribution in [0, 0.1) is 5.82 Å². The second-order valence-corrected chi connectivity index (χ2v) is 7.07. The van der Waals surface area contributed by atoms with Crippen molar-refractivity contribution in [3.63, 3.8) is 0 Å². The van der Waals surface area contributed by atoms with Gasteiger partial charge in [0.2, 0.25) is 0 Å². The highest BCUT2D eigenvalue weighted by Gasteiger charge is 2.13. The van der Waals surface area contributed by atoms with Gasteiger partial charge in [-0.3, -0.25) is 0 Å². The van der Waals surface area contributed by atoms with Crippen molar-refractivity contribution in [2.45, 2.75) is 26.2 Å².